The minimum atomic E-state index is 0.390. The molecule has 3 N–H and O–H groups in total. The van der Waals surface area contributed by atoms with Crippen molar-refractivity contribution in [1.82, 2.24) is 5.43 Å². The lowest BCUT2D eigenvalue weighted by molar-refractivity contribution is 0.464. The Kier molecular flexibility index (Phi) is 5.58. The molecule has 1 heterocycles. The Hall–Kier alpha value is -1.16. The van der Waals surface area contributed by atoms with E-state index in [0.29, 0.717) is 6.04 Å². The zero-order chi connectivity index (χ0) is 13.5. The Morgan fingerprint density at radius 3 is 2.32 bits per heavy atom. The van der Waals surface area contributed by atoms with Gasteiger partial charge in [-0.15, -0.1) is 0 Å². The fraction of sp³-hybridized carbons (Fsp3) is 0.375. The molecular weight excluding hydrogens is 252 g/mol. The first-order valence-electron chi connectivity index (χ1n) is 6.80. The third-order valence-corrected chi connectivity index (χ3v) is 4.23. The molecule has 19 heavy (non-hydrogen) atoms. The van der Waals surface area contributed by atoms with Crippen LogP contribution in [-0.2, 0) is 12.8 Å². The summed E-state index contributed by atoms with van der Waals surface area (Å²) in [6.45, 7) is 2.12. The van der Waals surface area contributed by atoms with Crippen LogP contribution >= 0.6 is 11.3 Å². The van der Waals surface area contributed by atoms with Crippen LogP contribution in [0.2, 0.25) is 0 Å². The van der Waals surface area contributed by atoms with E-state index in [4.69, 9.17) is 5.84 Å². The van der Waals surface area contributed by atoms with Crippen molar-refractivity contribution in [2.24, 2.45) is 5.84 Å². The molecule has 0 fully saturated rings. The zero-order valence-corrected chi connectivity index (χ0v) is 12.2. The number of hydrogen-bond donors (Lipinski definition) is 2. The van der Waals surface area contributed by atoms with Gasteiger partial charge in [-0.1, -0.05) is 29.8 Å². The highest BCUT2D eigenvalue weighted by Crippen LogP contribution is 2.13. The highest BCUT2D eigenvalue weighted by Gasteiger charge is 2.07. The van der Waals surface area contributed by atoms with Crippen molar-refractivity contribution in [2.45, 2.75) is 38.6 Å². The normalized spacial score (nSPS) is 12.5. The molecule has 0 saturated carbocycles. The molecule has 2 aromatic rings. The molecule has 0 spiro atoms. The molecular formula is C16H22N2S. The Labute approximate surface area is 119 Å². The van der Waals surface area contributed by atoms with Crippen molar-refractivity contribution in [2.75, 3.05) is 0 Å². The minimum absolute atomic E-state index is 0.390. The molecule has 2 nitrogen and oxygen atoms in total. The zero-order valence-electron chi connectivity index (χ0n) is 11.4. The summed E-state index contributed by atoms with van der Waals surface area (Å²) in [5.74, 6) is 5.65. The van der Waals surface area contributed by atoms with Gasteiger partial charge in [0, 0.05) is 6.04 Å². The maximum absolute atomic E-state index is 5.65. The van der Waals surface area contributed by atoms with E-state index < -0.39 is 0 Å². The summed E-state index contributed by atoms with van der Waals surface area (Å²) in [6, 6.07) is 11.3. The van der Waals surface area contributed by atoms with Gasteiger partial charge in [0.2, 0.25) is 0 Å². The molecule has 1 aromatic heterocycles. The molecule has 1 unspecified atom stereocenters. The summed E-state index contributed by atoms with van der Waals surface area (Å²) in [5, 5.41) is 4.35. The number of nitrogens with two attached hydrogens (primary N) is 1. The number of rotatable bonds is 7. The van der Waals surface area contributed by atoms with Crippen LogP contribution in [0.4, 0.5) is 0 Å². The smallest absolute Gasteiger partial charge is 0.0216 e. The summed E-state index contributed by atoms with van der Waals surface area (Å²) >= 11 is 1.76. The number of benzene rings is 1. The monoisotopic (exact) mass is 274 g/mol. The fourth-order valence-corrected chi connectivity index (χ4v) is 2.89. The van der Waals surface area contributed by atoms with E-state index in [2.05, 4.69) is 53.4 Å². The topological polar surface area (TPSA) is 38.0 Å². The molecule has 0 amide bonds. The number of aryl methyl sites for hydroxylation is 3. The highest BCUT2D eigenvalue weighted by atomic mass is 32.1. The van der Waals surface area contributed by atoms with E-state index in [1.54, 1.807) is 11.3 Å². The van der Waals surface area contributed by atoms with Gasteiger partial charge in [0.25, 0.3) is 0 Å². The number of hydrazine groups is 1. The molecule has 0 radical (unpaired) electrons. The largest absolute Gasteiger partial charge is 0.271 e. The molecule has 0 saturated heterocycles. The Morgan fingerprint density at radius 2 is 1.74 bits per heavy atom. The first-order chi connectivity index (χ1) is 9.28. The van der Waals surface area contributed by atoms with Gasteiger partial charge in [-0.2, -0.15) is 11.3 Å². The van der Waals surface area contributed by atoms with Crippen LogP contribution in [0.15, 0.2) is 41.1 Å². The maximum atomic E-state index is 5.65. The van der Waals surface area contributed by atoms with E-state index >= 15 is 0 Å². The quantitative estimate of drug-likeness (QED) is 0.599. The van der Waals surface area contributed by atoms with Gasteiger partial charge in [0.1, 0.15) is 0 Å². The minimum Gasteiger partial charge on any atom is -0.271 e. The van der Waals surface area contributed by atoms with E-state index in [9.17, 15) is 0 Å². The van der Waals surface area contributed by atoms with Crippen LogP contribution in [0.1, 0.15) is 29.5 Å². The van der Waals surface area contributed by atoms with Crippen LogP contribution in [0.5, 0.6) is 0 Å². The van der Waals surface area contributed by atoms with E-state index in [-0.39, 0.29) is 0 Å². The second-order valence-corrected chi connectivity index (χ2v) is 5.84. The predicted octanol–water partition coefficient (Wildman–Crippen LogP) is 3.45. The van der Waals surface area contributed by atoms with Gasteiger partial charge in [-0.3, -0.25) is 11.3 Å². The number of nitrogens with one attached hydrogen (secondary N) is 1. The standard InChI is InChI=1S/C16H22N2S/c1-13-2-4-14(5-3-13)6-8-16(18-17)9-7-15-10-11-19-12-15/h2-5,10-12,16,18H,6-9,17H2,1H3. The second-order valence-electron chi connectivity index (χ2n) is 5.06. The number of hydrogen-bond acceptors (Lipinski definition) is 3. The first kappa shape index (κ1) is 14.3. The Bertz CT molecular complexity index is 462. The van der Waals surface area contributed by atoms with Crippen LogP contribution in [-0.4, -0.2) is 6.04 Å². The lowest BCUT2D eigenvalue weighted by atomic mass is 10.00. The maximum Gasteiger partial charge on any atom is 0.0216 e. The summed E-state index contributed by atoms with van der Waals surface area (Å²) in [6.07, 6.45) is 4.37. The van der Waals surface area contributed by atoms with Gasteiger partial charge in [-0.25, -0.2) is 0 Å². The van der Waals surface area contributed by atoms with Gasteiger partial charge < -0.3 is 0 Å². The first-order valence-corrected chi connectivity index (χ1v) is 7.75. The fourth-order valence-electron chi connectivity index (χ4n) is 2.18. The van der Waals surface area contributed by atoms with Gasteiger partial charge >= 0.3 is 0 Å². The van der Waals surface area contributed by atoms with Crippen molar-refractivity contribution in [3.63, 3.8) is 0 Å². The molecule has 0 aliphatic carbocycles. The van der Waals surface area contributed by atoms with Crippen molar-refractivity contribution in [1.29, 1.82) is 0 Å². The lowest BCUT2D eigenvalue weighted by Crippen LogP contribution is -2.35. The van der Waals surface area contributed by atoms with Crippen molar-refractivity contribution in [3.05, 3.63) is 57.8 Å². The van der Waals surface area contributed by atoms with Gasteiger partial charge in [0.15, 0.2) is 0 Å². The summed E-state index contributed by atoms with van der Waals surface area (Å²) < 4.78 is 0. The third-order valence-electron chi connectivity index (χ3n) is 3.50. The van der Waals surface area contributed by atoms with Gasteiger partial charge in [-0.05, 0) is 60.6 Å². The van der Waals surface area contributed by atoms with Crippen LogP contribution in [0, 0.1) is 6.92 Å². The van der Waals surface area contributed by atoms with Crippen LogP contribution in [0.3, 0.4) is 0 Å². The summed E-state index contributed by atoms with van der Waals surface area (Å²) in [5.41, 5.74) is 7.07. The summed E-state index contributed by atoms with van der Waals surface area (Å²) in [7, 11) is 0. The van der Waals surface area contributed by atoms with Crippen molar-refractivity contribution in [3.8, 4) is 0 Å². The lowest BCUT2D eigenvalue weighted by Gasteiger charge is -2.15. The SMILES string of the molecule is Cc1ccc(CCC(CCc2ccsc2)NN)cc1. The summed E-state index contributed by atoms with van der Waals surface area (Å²) in [4.78, 5) is 0. The molecule has 1 atom stereocenters. The van der Waals surface area contributed by atoms with Crippen LogP contribution < -0.4 is 11.3 Å². The predicted molar refractivity (Wildman–Crippen MR) is 83.3 cm³/mol. The second kappa shape index (κ2) is 7.43. The molecule has 1 aromatic carbocycles. The highest BCUT2D eigenvalue weighted by molar-refractivity contribution is 7.07. The van der Waals surface area contributed by atoms with Gasteiger partial charge in [0.05, 0.1) is 0 Å². The Morgan fingerprint density at radius 1 is 1.05 bits per heavy atom. The van der Waals surface area contributed by atoms with E-state index in [1.807, 2.05) is 0 Å². The number of thiophene rings is 1. The van der Waals surface area contributed by atoms with E-state index in [1.165, 1.54) is 16.7 Å². The Balaban J connectivity index is 1.77. The van der Waals surface area contributed by atoms with Crippen LogP contribution in [0.25, 0.3) is 0 Å². The molecule has 102 valence electrons. The molecule has 0 aliphatic heterocycles. The molecule has 3 heteroatoms. The van der Waals surface area contributed by atoms with Crippen molar-refractivity contribution >= 4 is 11.3 Å². The van der Waals surface area contributed by atoms with Crippen molar-refractivity contribution < 1.29 is 0 Å². The third kappa shape index (κ3) is 4.78. The molecule has 0 aliphatic rings. The average molecular weight is 274 g/mol. The molecule has 0 bridgehead atoms. The average Bonchev–Trinajstić information content (AvgIpc) is 2.94. The van der Waals surface area contributed by atoms with E-state index in [0.717, 1.165) is 25.7 Å². The molecule has 2 rings (SSSR count).